The van der Waals surface area contributed by atoms with Gasteiger partial charge in [0.05, 0.1) is 6.61 Å². The molecule has 0 unspecified atom stereocenters. The second kappa shape index (κ2) is 8.63. The van der Waals surface area contributed by atoms with Crippen molar-refractivity contribution in [3.63, 3.8) is 0 Å². The molecule has 0 aliphatic carbocycles. The smallest absolute Gasteiger partial charge is 0.119 e. The first-order chi connectivity index (χ1) is 9.51. The van der Waals surface area contributed by atoms with E-state index in [1.54, 1.807) is 0 Å². The van der Waals surface area contributed by atoms with Crippen molar-refractivity contribution in [2.45, 2.75) is 27.2 Å². The van der Waals surface area contributed by atoms with E-state index in [0.717, 1.165) is 24.3 Å². The zero-order chi connectivity index (χ0) is 14.8. The minimum absolute atomic E-state index is 0.121. The highest BCUT2D eigenvalue weighted by Crippen LogP contribution is 2.17. The zero-order valence-electron chi connectivity index (χ0n) is 12.6. The molecule has 0 aliphatic heterocycles. The van der Waals surface area contributed by atoms with Crippen LogP contribution in [0.2, 0.25) is 0 Å². The SMILES string of the molecule is CC(C)(C)CCOCCOc1ccc(C#CCO)cc1. The van der Waals surface area contributed by atoms with Gasteiger partial charge in [-0.2, -0.15) is 0 Å². The summed E-state index contributed by atoms with van der Waals surface area (Å²) < 4.78 is 11.1. The Hall–Kier alpha value is -1.50. The lowest BCUT2D eigenvalue weighted by atomic mass is 9.93. The number of hydrogen-bond acceptors (Lipinski definition) is 3. The number of ether oxygens (including phenoxy) is 2. The molecule has 1 N–H and O–H groups in total. The fourth-order valence-electron chi connectivity index (χ4n) is 1.47. The second-order valence-electron chi connectivity index (χ2n) is 5.76. The lowest BCUT2D eigenvalue weighted by Gasteiger charge is -2.17. The van der Waals surface area contributed by atoms with Gasteiger partial charge in [-0.15, -0.1) is 0 Å². The topological polar surface area (TPSA) is 38.7 Å². The minimum atomic E-state index is -0.121. The van der Waals surface area contributed by atoms with E-state index in [9.17, 15) is 0 Å². The second-order valence-corrected chi connectivity index (χ2v) is 5.76. The molecule has 3 heteroatoms. The molecule has 0 bridgehead atoms. The van der Waals surface area contributed by atoms with E-state index < -0.39 is 0 Å². The molecule has 0 atom stereocenters. The van der Waals surface area contributed by atoms with Gasteiger partial charge in [-0.1, -0.05) is 32.6 Å². The van der Waals surface area contributed by atoms with Crippen LogP contribution in [0.1, 0.15) is 32.8 Å². The number of aliphatic hydroxyl groups is 1. The maximum absolute atomic E-state index is 8.61. The molecule has 0 saturated carbocycles. The van der Waals surface area contributed by atoms with Gasteiger partial charge < -0.3 is 14.6 Å². The highest BCUT2D eigenvalue weighted by Gasteiger charge is 2.08. The molecule has 0 aliphatic rings. The zero-order valence-corrected chi connectivity index (χ0v) is 12.6. The summed E-state index contributed by atoms with van der Waals surface area (Å²) in [5.41, 5.74) is 1.18. The van der Waals surface area contributed by atoms with Crippen LogP contribution in [0.15, 0.2) is 24.3 Å². The van der Waals surface area contributed by atoms with Crippen LogP contribution in [0, 0.1) is 17.3 Å². The van der Waals surface area contributed by atoms with E-state index in [1.165, 1.54) is 0 Å². The number of rotatable bonds is 6. The lowest BCUT2D eigenvalue weighted by molar-refractivity contribution is 0.0818. The standard InChI is InChI=1S/C17H24O3/c1-17(2,3)10-12-19-13-14-20-16-8-6-15(7-9-16)5-4-11-18/h6-9,18H,10-14H2,1-3H3. The van der Waals surface area contributed by atoms with Crippen molar-refractivity contribution in [3.8, 4) is 17.6 Å². The van der Waals surface area contributed by atoms with Gasteiger partial charge in [0.1, 0.15) is 19.0 Å². The third kappa shape index (κ3) is 7.83. The van der Waals surface area contributed by atoms with Crippen molar-refractivity contribution < 1.29 is 14.6 Å². The molecule has 1 aromatic carbocycles. The van der Waals surface area contributed by atoms with Gasteiger partial charge in [-0.3, -0.25) is 0 Å². The Morgan fingerprint density at radius 3 is 2.35 bits per heavy atom. The Bertz CT molecular complexity index is 432. The van der Waals surface area contributed by atoms with E-state index >= 15 is 0 Å². The van der Waals surface area contributed by atoms with E-state index in [1.807, 2.05) is 24.3 Å². The summed E-state index contributed by atoms with van der Waals surface area (Å²) in [5, 5.41) is 8.61. The molecule has 0 amide bonds. The third-order valence-electron chi connectivity index (χ3n) is 2.66. The minimum Gasteiger partial charge on any atom is -0.491 e. The quantitative estimate of drug-likeness (QED) is 0.641. The van der Waals surface area contributed by atoms with Crippen molar-refractivity contribution in [2.24, 2.45) is 5.41 Å². The summed E-state index contributed by atoms with van der Waals surface area (Å²) in [7, 11) is 0. The Morgan fingerprint density at radius 2 is 1.75 bits per heavy atom. The van der Waals surface area contributed by atoms with Gasteiger partial charge in [0.25, 0.3) is 0 Å². The Labute approximate surface area is 121 Å². The van der Waals surface area contributed by atoms with Gasteiger partial charge in [0, 0.05) is 12.2 Å². The monoisotopic (exact) mass is 276 g/mol. The van der Waals surface area contributed by atoms with Crippen LogP contribution in [0.3, 0.4) is 0 Å². The van der Waals surface area contributed by atoms with E-state index in [0.29, 0.717) is 18.6 Å². The van der Waals surface area contributed by atoms with Gasteiger partial charge in [-0.05, 0) is 36.1 Å². The molecule has 1 rings (SSSR count). The normalized spacial score (nSPS) is 10.8. The van der Waals surface area contributed by atoms with Gasteiger partial charge in [0.15, 0.2) is 0 Å². The molecule has 110 valence electrons. The largest absolute Gasteiger partial charge is 0.491 e. The predicted molar refractivity (Wildman–Crippen MR) is 80.8 cm³/mol. The first-order valence-electron chi connectivity index (χ1n) is 6.91. The summed E-state index contributed by atoms with van der Waals surface area (Å²) in [6.45, 7) is 8.40. The van der Waals surface area contributed by atoms with Crippen LogP contribution >= 0.6 is 0 Å². The molecular formula is C17H24O3. The molecular weight excluding hydrogens is 252 g/mol. The maximum atomic E-state index is 8.61. The molecule has 0 saturated heterocycles. The van der Waals surface area contributed by atoms with E-state index in [4.69, 9.17) is 14.6 Å². The highest BCUT2D eigenvalue weighted by molar-refractivity contribution is 5.38. The number of aliphatic hydroxyl groups excluding tert-OH is 1. The summed E-state index contributed by atoms with van der Waals surface area (Å²) in [4.78, 5) is 0. The summed E-state index contributed by atoms with van der Waals surface area (Å²) in [6.07, 6.45) is 1.05. The van der Waals surface area contributed by atoms with Crippen LogP contribution in [0.25, 0.3) is 0 Å². The molecule has 0 spiro atoms. The van der Waals surface area contributed by atoms with Gasteiger partial charge in [0.2, 0.25) is 0 Å². The average molecular weight is 276 g/mol. The first-order valence-corrected chi connectivity index (χ1v) is 6.91. The van der Waals surface area contributed by atoms with E-state index in [-0.39, 0.29) is 6.61 Å². The summed E-state index contributed by atoms with van der Waals surface area (Å²) in [5.74, 6) is 6.25. The predicted octanol–water partition coefficient (Wildman–Crippen LogP) is 2.86. The fourth-order valence-corrected chi connectivity index (χ4v) is 1.47. The summed E-state index contributed by atoms with van der Waals surface area (Å²) in [6, 6.07) is 7.49. The maximum Gasteiger partial charge on any atom is 0.119 e. The van der Waals surface area contributed by atoms with Gasteiger partial charge in [-0.25, -0.2) is 0 Å². The fraction of sp³-hybridized carbons (Fsp3) is 0.529. The van der Waals surface area contributed by atoms with E-state index in [2.05, 4.69) is 32.6 Å². The molecule has 0 aromatic heterocycles. The van der Waals surface area contributed by atoms with Crippen molar-refractivity contribution in [1.29, 1.82) is 0 Å². The third-order valence-corrected chi connectivity index (χ3v) is 2.66. The van der Waals surface area contributed by atoms with Crippen molar-refractivity contribution in [3.05, 3.63) is 29.8 Å². The summed E-state index contributed by atoms with van der Waals surface area (Å²) >= 11 is 0. The van der Waals surface area contributed by atoms with Crippen molar-refractivity contribution in [2.75, 3.05) is 26.4 Å². The molecule has 3 nitrogen and oxygen atoms in total. The van der Waals surface area contributed by atoms with Gasteiger partial charge >= 0.3 is 0 Å². The molecule has 0 radical (unpaired) electrons. The Morgan fingerprint density at radius 1 is 1.05 bits per heavy atom. The molecule has 1 aromatic rings. The first kappa shape index (κ1) is 16.6. The van der Waals surface area contributed by atoms with Crippen molar-refractivity contribution in [1.82, 2.24) is 0 Å². The molecule has 0 fully saturated rings. The molecule has 0 heterocycles. The van der Waals surface area contributed by atoms with Crippen LogP contribution in [-0.4, -0.2) is 31.5 Å². The van der Waals surface area contributed by atoms with Crippen LogP contribution in [0.5, 0.6) is 5.75 Å². The Balaban J connectivity index is 2.19. The molecule has 20 heavy (non-hydrogen) atoms. The average Bonchev–Trinajstić information content (AvgIpc) is 2.40. The van der Waals surface area contributed by atoms with Crippen molar-refractivity contribution >= 4 is 0 Å². The van der Waals surface area contributed by atoms with Crippen LogP contribution in [0.4, 0.5) is 0 Å². The lowest BCUT2D eigenvalue weighted by Crippen LogP contribution is -2.12. The Kier molecular flexibility index (Phi) is 7.14. The van der Waals surface area contributed by atoms with Crippen LogP contribution < -0.4 is 4.74 Å². The highest BCUT2D eigenvalue weighted by atomic mass is 16.5. The number of benzene rings is 1. The van der Waals surface area contributed by atoms with Crippen LogP contribution in [-0.2, 0) is 4.74 Å². The number of hydrogen-bond donors (Lipinski definition) is 1.